The van der Waals surface area contributed by atoms with Crippen molar-refractivity contribution in [2.24, 2.45) is 5.73 Å². The highest BCUT2D eigenvalue weighted by molar-refractivity contribution is 5.98. The van der Waals surface area contributed by atoms with Gasteiger partial charge in [0.25, 0.3) is 11.8 Å². The van der Waals surface area contributed by atoms with Crippen molar-refractivity contribution in [2.45, 2.75) is 19.4 Å². The average Bonchev–Trinajstić information content (AvgIpc) is 3.33. The van der Waals surface area contributed by atoms with Gasteiger partial charge in [0.2, 0.25) is 0 Å². The summed E-state index contributed by atoms with van der Waals surface area (Å²) in [5, 5.41) is 6.48. The van der Waals surface area contributed by atoms with Crippen LogP contribution >= 0.6 is 0 Å². The maximum atomic E-state index is 12.5. The van der Waals surface area contributed by atoms with E-state index in [1.54, 1.807) is 6.07 Å². The average molecular weight is 415 g/mol. The molecule has 0 bridgehead atoms. The number of likely N-dealkylation sites (tertiary alicyclic amines) is 1. The van der Waals surface area contributed by atoms with Crippen molar-refractivity contribution < 1.29 is 9.59 Å². The molecule has 0 aliphatic carbocycles. The number of rotatable bonds is 7. The Morgan fingerprint density at radius 1 is 1.00 bits per heavy atom. The fourth-order valence-corrected chi connectivity index (χ4v) is 3.61. The molecule has 4 N–H and O–H groups in total. The minimum atomic E-state index is -0.542. The van der Waals surface area contributed by atoms with Gasteiger partial charge in [-0.05, 0) is 42.7 Å². The minimum Gasteiger partial charge on any atom is -0.380 e. The minimum absolute atomic E-state index is 0.0698. The number of nitrogens with zero attached hydrogens (tertiary/aromatic N) is 2. The lowest BCUT2D eigenvalue weighted by molar-refractivity contribution is 0.0792. The van der Waals surface area contributed by atoms with Crippen molar-refractivity contribution in [2.75, 3.05) is 23.7 Å². The van der Waals surface area contributed by atoms with Crippen molar-refractivity contribution in [3.05, 3.63) is 83.6 Å². The van der Waals surface area contributed by atoms with Crippen molar-refractivity contribution in [3.63, 3.8) is 0 Å². The van der Waals surface area contributed by atoms with E-state index in [-0.39, 0.29) is 5.91 Å². The third-order valence-electron chi connectivity index (χ3n) is 5.29. The predicted molar refractivity (Wildman–Crippen MR) is 121 cm³/mol. The van der Waals surface area contributed by atoms with E-state index in [0.29, 0.717) is 29.2 Å². The number of carbonyl (C=O) groups is 2. The van der Waals surface area contributed by atoms with Crippen LogP contribution in [0.4, 0.5) is 17.2 Å². The van der Waals surface area contributed by atoms with Gasteiger partial charge in [0.1, 0.15) is 5.82 Å². The lowest BCUT2D eigenvalue weighted by Gasteiger charge is -2.16. The Bertz CT molecular complexity index is 1060. The van der Waals surface area contributed by atoms with Crippen molar-refractivity contribution in [1.29, 1.82) is 0 Å². The van der Waals surface area contributed by atoms with E-state index < -0.39 is 5.91 Å². The summed E-state index contributed by atoms with van der Waals surface area (Å²) in [6.07, 6.45) is 3.60. The molecule has 7 heteroatoms. The zero-order chi connectivity index (χ0) is 21.6. The van der Waals surface area contributed by atoms with E-state index in [1.807, 2.05) is 59.5 Å². The zero-order valence-electron chi connectivity index (χ0n) is 17.2. The van der Waals surface area contributed by atoms with Crippen molar-refractivity contribution >= 4 is 29.0 Å². The molecule has 3 aromatic rings. The first-order valence-electron chi connectivity index (χ1n) is 10.3. The van der Waals surface area contributed by atoms with Crippen LogP contribution in [0.15, 0.2) is 66.9 Å². The molecule has 1 aromatic heterocycles. The van der Waals surface area contributed by atoms with Crippen LogP contribution in [-0.4, -0.2) is 34.8 Å². The molecule has 2 heterocycles. The van der Waals surface area contributed by atoms with E-state index in [9.17, 15) is 9.59 Å². The fraction of sp³-hybridized carbons (Fsp3) is 0.208. The number of hydrogen-bond donors (Lipinski definition) is 3. The van der Waals surface area contributed by atoms with Crippen molar-refractivity contribution in [3.8, 4) is 0 Å². The van der Waals surface area contributed by atoms with Gasteiger partial charge in [0, 0.05) is 43.1 Å². The van der Waals surface area contributed by atoms with Crippen LogP contribution < -0.4 is 16.4 Å². The van der Waals surface area contributed by atoms with Crippen LogP contribution in [0.5, 0.6) is 0 Å². The quantitative estimate of drug-likeness (QED) is 0.545. The van der Waals surface area contributed by atoms with E-state index in [4.69, 9.17) is 5.73 Å². The number of primary amides is 1. The smallest absolute Gasteiger partial charge is 0.253 e. The van der Waals surface area contributed by atoms with Crippen LogP contribution in [0.3, 0.4) is 0 Å². The number of nitrogens with two attached hydrogens (primary N) is 1. The van der Waals surface area contributed by atoms with Gasteiger partial charge in [-0.1, -0.05) is 30.3 Å². The van der Waals surface area contributed by atoms with E-state index in [2.05, 4.69) is 15.6 Å². The normalized spacial score (nSPS) is 13.1. The summed E-state index contributed by atoms with van der Waals surface area (Å²) in [4.78, 5) is 30.5. The Labute approximate surface area is 181 Å². The second kappa shape index (κ2) is 9.30. The molecule has 4 rings (SSSR count). The molecule has 0 radical (unpaired) electrons. The molecule has 0 saturated carbocycles. The Hall–Kier alpha value is -3.87. The predicted octanol–water partition coefficient (Wildman–Crippen LogP) is 3.77. The number of nitrogens with one attached hydrogen (secondary N) is 2. The van der Waals surface area contributed by atoms with Crippen LogP contribution in [-0.2, 0) is 6.54 Å². The molecule has 1 aliphatic rings. The van der Waals surface area contributed by atoms with E-state index in [1.165, 1.54) is 6.20 Å². The zero-order valence-corrected chi connectivity index (χ0v) is 17.2. The second-order valence-electron chi connectivity index (χ2n) is 7.52. The molecule has 1 saturated heterocycles. The molecule has 2 amide bonds. The fourth-order valence-electron chi connectivity index (χ4n) is 3.61. The molecular weight excluding hydrogens is 390 g/mol. The van der Waals surface area contributed by atoms with E-state index >= 15 is 0 Å². The Morgan fingerprint density at radius 2 is 1.71 bits per heavy atom. The van der Waals surface area contributed by atoms with Gasteiger partial charge in [-0.25, -0.2) is 4.98 Å². The maximum absolute atomic E-state index is 12.5. The highest BCUT2D eigenvalue weighted by atomic mass is 16.2. The molecule has 0 spiro atoms. The van der Waals surface area contributed by atoms with Crippen molar-refractivity contribution in [1.82, 2.24) is 9.88 Å². The van der Waals surface area contributed by atoms with Gasteiger partial charge in [-0.15, -0.1) is 0 Å². The molecule has 1 fully saturated rings. The molecule has 31 heavy (non-hydrogen) atoms. The summed E-state index contributed by atoms with van der Waals surface area (Å²) in [6, 6.07) is 19.0. The summed E-state index contributed by atoms with van der Waals surface area (Å²) in [5.74, 6) is 0.0963. The number of benzene rings is 2. The number of amides is 2. The van der Waals surface area contributed by atoms with Gasteiger partial charge >= 0.3 is 0 Å². The number of pyridine rings is 1. The SMILES string of the molecule is NC(=O)c1cnc(Nc2ccc(C(=O)N3CCCC3)cc2)cc1NCc1ccccc1. The Balaban J connectivity index is 1.47. The first-order valence-corrected chi connectivity index (χ1v) is 10.3. The molecule has 0 atom stereocenters. The summed E-state index contributed by atoms with van der Waals surface area (Å²) in [5.41, 5.74) is 9.00. The summed E-state index contributed by atoms with van der Waals surface area (Å²) >= 11 is 0. The summed E-state index contributed by atoms with van der Waals surface area (Å²) in [7, 11) is 0. The third-order valence-corrected chi connectivity index (χ3v) is 5.29. The molecule has 1 aliphatic heterocycles. The highest BCUT2D eigenvalue weighted by Crippen LogP contribution is 2.23. The summed E-state index contributed by atoms with van der Waals surface area (Å²) < 4.78 is 0. The van der Waals surface area contributed by atoms with Gasteiger partial charge in [0.15, 0.2) is 0 Å². The lowest BCUT2D eigenvalue weighted by Crippen LogP contribution is -2.27. The van der Waals surface area contributed by atoms with Crippen LogP contribution in [0.2, 0.25) is 0 Å². The first kappa shape index (κ1) is 20.4. The number of aromatic nitrogens is 1. The van der Waals surface area contributed by atoms with Crippen LogP contribution in [0.25, 0.3) is 0 Å². The second-order valence-corrected chi connectivity index (χ2v) is 7.52. The third kappa shape index (κ3) is 5.01. The standard InChI is InChI=1S/C24H25N5O2/c25-23(30)20-16-27-22(14-21(20)26-15-17-6-2-1-3-7-17)28-19-10-8-18(9-11-19)24(31)29-12-4-5-13-29/h1-3,6-11,14,16H,4-5,12-13,15H2,(H2,25,30)(H2,26,27,28). The monoisotopic (exact) mass is 415 g/mol. The topological polar surface area (TPSA) is 100 Å². The van der Waals surface area contributed by atoms with Gasteiger partial charge in [0.05, 0.1) is 11.3 Å². The first-order chi connectivity index (χ1) is 15.1. The van der Waals surface area contributed by atoms with Gasteiger partial charge < -0.3 is 21.3 Å². The highest BCUT2D eigenvalue weighted by Gasteiger charge is 2.19. The molecule has 0 unspecified atom stereocenters. The lowest BCUT2D eigenvalue weighted by atomic mass is 10.1. The molecular formula is C24H25N5O2. The molecule has 158 valence electrons. The number of anilines is 3. The van der Waals surface area contributed by atoms with Gasteiger partial charge in [-0.2, -0.15) is 0 Å². The van der Waals surface area contributed by atoms with Gasteiger partial charge in [-0.3, -0.25) is 9.59 Å². The van der Waals surface area contributed by atoms with Crippen LogP contribution in [0.1, 0.15) is 39.1 Å². The largest absolute Gasteiger partial charge is 0.380 e. The number of carbonyl (C=O) groups excluding carboxylic acids is 2. The molecule has 7 nitrogen and oxygen atoms in total. The summed E-state index contributed by atoms with van der Waals surface area (Å²) in [6.45, 7) is 2.21. The Kier molecular flexibility index (Phi) is 6.12. The molecule has 2 aromatic carbocycles. The Morgan fingerprint density at radius 3 is 2.39 bits per heavy atom. The number of hydrogen-bond acceptors (Lipinski definition) is 5. The maximum Gasteiger partial charge on any atom is 0.253 e. The van der Waals surface area contributed by atoms with Crippen LogP contribution in [0, 0.1) is 0 Å². The van der Waals surface area contributed by atoms with E-state index in [0.717, 1.165) is 37.2 Å².